The molecular formula is C36H45NO17. The van der Waals surface area contributed by atoms with E-state index in [0.717, 1.165) is 41.5 Å². The van der Waals surface area contributed by atoms with Gasteiger partial charge in [0.2, 0.25) is 0 Å². The van der Waals surface area contributed by atoms with Crippen molar-refractivity contribution in [2.45, 2.75) is 122 Å². The van der Waals surface area contributed by atoms with Crippen molar-refractivity contribution in [1.82, 2.24) is 4.98 Å². The molecule has 296 valence electrons. The molecule has 18 nitrogen and oxygen atoms in total. The van der Waals surface area contributed by atoms with E-state index in [4.69, 9.17) is 37.9 Å². The van der Waals surface area contributed by atoms with Gasteiger partial charge >= 0.3 is 41.8 Å². The fraction of sp³-hybridized carbons (Fsp3) is 0.667. The van der Waals surface area contributed by atoms with E-state index >= 15 is 0 Å². The lowest BCUT2D eigenvalue weighted by Gasteiger charge is -2.67. The van der Waals surface area contributed by atoms with E-state index in [0.29, 0.717) is 5.56 Å². The molecule has 2 aliphatic heterocycles. The maximum Gasteiger partial charge on any atom is 0.340 e. The number of nitrogens with zero attached hydrogens (tertiary/aromatic N) is 1. The topological polar surface area (TPSA) is 247 Å². The minimum absolute atomic E-state index is 0.0246. The van der Waals surface area contributed by atoms with Gasteiger partial charge in [0.05, 0.1) is 23.5 Å². The molecule has 3 fully saturated rings. The maximum absolute atomic E-state index is 14.2. The molecule has 1 aromatic rings. The quantitative estimate of drug-likeness (QED) is 0.295. The third-order valence-electron chi connectivity index (χ3n) is 11.2. The lowest BCUT2D eigenvalue weighted by molar-refractivity contribution is -0.386. The summed E-state index contributed by atoms with van der Waals surface area (Å²) in [6.07, 6.45) is -9.27. The van der Waals surface area contributed by atoms with Gasteiger partial charge in [-0.15, -0.1) is 0 Å². The first-order valence-electron chi connectivity index (χ1n) is 17.3. The maximum atomic E-state index is 14.2. The van der Waals surface area contributed by atoms with E-state index in [1.54, 1.807) is 6.92 Å². The predicted octanol–water partition coefficient (Wildman–Crippen LogP) is 0.463. The number of hydrogen-bond acceptors (Lipinski definition) is 18. The van der Waals surface area contributed by atoms with Crippen molar-refractivity contribution < 1.29 is 81.7 Å². The Bertz CT molecular complexity index is 1740. The van der Waals surface area contributed by atoms with Crippen LogP contribution in [0.2, 0.25) is 0 Å². The number of hydrogen-bond donors (Lipinski definition) is 2. The van der Waals surface area contributed by atoms with Crippen molar-refractivity contribution in [1.29, 1.82) is 0 Å². The van der Waals surface area contributed by atoms with E-state index in [2.05, 4.69) is 4.98 Å². The van der Waals surface area contributed by atoms with Gasteiger partial charge in [-0.2, -0.15) is 0 Å². The van der Waals surface area contributed by atoms with E-state index in [1.165, 1.54) is 32.3 Å². The monoisotopic (exact) mass is 763 g/mol. The number of rotatable bonds is 6. The molecular weight excluding hydrogens is 718 g/mol. The molecule has 1 saturated heterocycles. The van der Waals surface area contributed by atoms with Gasteiger partial charge in [0, 0.05) is 47.0 Å². The normalized spacial score (nSPS) is 39.8. The largest absolute Gasteiger partial charge is 0.465 e. The zero-order valence-corrected chi connectivity index (χ0v) is 31.3. The van der Waals surface area contributed by atoms with Crippen LogP contribution in [-0.4, -0.2) is 124 Å². The average molecular weight is 764 g/mol. The molecule has 2 aliphatic carbocycles. The van der Waals surface area contributed by atoms with E-state index in [-0.39, 0.29) is 5.56 Å². The summed E-state index contributed by atoms with van der Waals surface area (Å²) in [4.78, 5) is 96.6. The molecule has 0 amide bonds. The van der Waals surface area contributed by atoms with E-state index < -0.39 is 132 Å². The molecule has 4 aliphatic rings. The second-order valence-corrected chi connectivity index (χ2v) is 14.8. The predicted molar refractivity (Wildman–Crippen MR) is 176 cm³/mol. The van der Waals surface area contributed by atoms with Crippen LogP contribution in [0.1, 0.15) is 84.2 Å². The fourth-order valence-corrected chi connectivity index (χ4v) is 9.01. The smallest absolute Gasteiger partial charge is 0.340 e. The second-order valence-electron chi connectivity index (χ2n) is 14.8. The van der Waals surface area contributed by atoms with Gasteiger partial charge in [-0.25, -0.2) is 4.79 Å². The molecule has 4 bridgehead atoms. The minimum atomic E-state index is -2.77. The van der Waals surface area contributed by atoms with Gasteiger partial charge in [-0.05, 0) is 31.4 Å². The van der Waals surface area contributed by atoms with E-state index in [9.17, 15) is 43.8 Å². The van der Waals surface area contributed by atoms with Crippen LogP contribution in [0.15, 0.2) is 18.5 Å². The molecule has 5 rings (SSSR count). The number of ether oxygens (including phenoxy) is 8. The van der Waals surface area contributed by atoms with Gasteiger partial charge in [0.1, 0.15) is 41.5 Å². The van der Waals surface area contributed by atoms with Crippen LogP contribution >= 0.6 is 0 Å². The summed E-state index contributed by atoms with van der Waals surface area (Å²) in [5, 5.41) is 25.9. The van der Waals surface area contributed by atoms with Gasteiger partial charge < -0.3 is 48.1 Å². The highest BCUT2D eigenvalue weighted by atomic mass is 16.7. The van der Waals surface area contributed by atoms with Crippen LogP contribution in [-0.2, 0) is 66.7 Å². The molecule has 0 radical (unpaired) electrons. The Morgan fingerprint density at radius 2 is 1.41 bits per heavy atom. The Kier molecular flexibility index (Phi) is 10.6. The summed E-state index contributed by atoms with van der Waals surface area (Å²) in [6.45, 7) is 8.81. The number of aliphatic hydroxyl groups excluding tert-OH is 1. The molecule has 2 N–H and O–H groups in total. The second kappa shape index (κ2) is 14.2. The first-order valence-corrected chi connectivity index (χ1v) is 17.3. The third kappa shape index (κ3) is 6.17. The van der Waals surface area contributed by atoms with Crippen molar-refractivity contribution in [3.8, 4) is 0 Å². The zero-order chi connectivity index (χ0) is 40.3. The van der Waals surface area contributed by atoms with Gasteiger partial charge in [0.25, 0.3) is 0 Å². The molecule has 2 saturated carbocycles. The number of aliphatic hydroxyl groups is 2. The van der Waals surface area contributed by atoms with Crippen molar-refractivity contribution >= 4 is 41.8 Å². The molecule has 54 heavy (non-hydrogen) atoms. The van der Waals surface area contributed by atoms with Crippen molar-refractivity contribution in [2.75, 3.05) is 13.2 Å². The van der Waals surface area contributed by atoms with Gasteiger partial charge in [-0.3, -0.25) is 33.8 Å². The highest BCUT2D eigenvalue weighted by Gasteiger charge is 2.90. The van der Waals surface area contributed by atoms with Crippen LogP contribution in [0, 0.1) is 17.3 Å². The number of fused-ring (bicyclic) bond motifs is 5. The van der Waals surface area contributed by atoms with Crippen LogP contribution in [0.25, 0.3) is 0 Å². The molecule has 1 spiro atoms. The summed E-state index contributed by atoms with van der Waals surface area (Å²) in [5.74, 6) is -10.3. The number of carbonyl (C=O) groups excluding carboxylic acids is 7. The molecule has 3 heterocycles. The first-order chi connectivity index (χ1) is 25.1. The lowest BCUT2D eigenvalue weighted by atomic mass is 9.45. The first kappa shape index (κ1) is 40.5. The van der Waals surface area contributed by atoms with Crippen LogP contribution in [0.5, 0.6) is 0 Å². The van der Waals surface area contributed by atoms with Gasteiger partial charge in [-0.1, -0.05) is 13.8 Å². The Balaban J connectivity index is 1.95. The minimum Gasteiger partial charge on any atom is -0.465 e. The number of cyclic esters (lactones) is 1. The average Bonchev–Trinajstić information content (AvgIpc) is 3.27. The van der Waals surface area contributed by atoms with E-state index in [1.807, 2.05) is 0 Å². The molecule has 2 unspecified atom stereocenters. The number of aromatic nitrogens is 1. The Morgan fingerprint density at radius 3 is 1.96 bits per heavy atom. The molecule has 0 aromatic carbocycles. The summed E-state index contributed by atoms with van der Waals surface area (Å²) >= 11 is 0. The molecule has 1 aromatic heterocycles. The molecule has 18 heteroatoms. The fourth-order valence-electron chi connectivity index (χ4n) is 9.01. The lowest BCUT2D eigenvalue weighted by Crippen LogP contribution is -2.89. The van der Waals surface area contributed by atoms with Crippen LogP contribution in [0.3, 0.4) is 0 Å². The van der Waals surface area contributed by atoms with Crippen molar-refractivity contribution in [3.05, 3.63) is 29.6 Å². The summed E-state index contributed by atoms with van der Waals surface area (Å²) in [5.41, 5.74) is -9.74. The number of esters is 7. The van der Waals surface area contributed by atoms with Crippen molar-refractivity contribution in [3.63, 3.8) is 0 Å². The summed E-state index contributed by atoms with van der Waals surface area (Å²) < 4.78 is 47.6. The Hall–Kier alpha value is -4.68. The standard InChI is InChI=1S/C36H45NO17/c1-15-16(2)31(44)53-28-26(50-19(5)40)30(52-21(7)42)35(14-47-17(3)38)29(51-20(6)41)25(49-18(4)39)24-27(43)36(35,34(28,9)46)54-33(24,8)13-48-32(45)23-12-37-11-10-22(15)23/h10-12,15-16,24-30,43,46H,13-14H2,1-9H3/t15?,16?,24-,25-,26+,27-,28+,29-,30+,33+,34-,35-,36+/m1/s1. The van der Waals surface area contributed by atoms with Crippen LogP contribution < -0.4 is 0 Å². The number of pyridine rings is 1. The SMILES string of the molecule is CC(=O)OC[C@]12[C@H](OC(C)=O)[C@H](OC(C)=O)[C@@H]3[C@@H](O)[C@@]14O[C@@]3(C)COC(=O)c1cnccc1C(C)C(C)C(=O)O[C@@H]([C@H](OC(C)=O)[C@@H]2OC(C)=O)[C@@]4(C)O. The summed E-state index contributed by atoms with van der Waals surface area (Å²) in [7, 11) is 0. The Morgan fingerprint density at radius 1 is 0.852 bits per heavy atom. The highest BCUT2D eigenvalue weighted by molar-refractivity contribution is 5.91. The number of carbonyl (C=O) groups is 7. The summed E-state index contributed by atoms with van der Waals surface area (Å²) in [6, 6.07) is 1.51. The van der Waals surface area contributed by atoms with Crippen molar-refractivity contribution in [2.24, 2.45) is 17.3 Å². The molecule has 13 atom stereocenters. The third-order valence-corrected chi connectivity index (χ3v) is 11.2. The zero-order valence-electron chi connectivity index (χ0n) is 31.3. The van der Waals surface area contributed by atoms with Gasteiger partial charge in [0.15, 0.2) is 24.4 Å². The Labute approximate surface area is 310 Å². The highest BCUT2D eigenvalue weighted by Crippen LogP contribution is 2.69. The van der Waals surface area contributed by atoms with Crippen LogP contribution in [0.4, 0.5) is 0 Å².